The molecule has 0 saturated heterocycles. The van der Waals surface area contributed by atoms with E-state index in [2.05, 4.69) is 43.6 Å². The molecule has 4 rings (SSSR count). The third-order valence-electron chi connectivity index (χ3n) is 3.56. The molecule has 1 aromatic carbocycles. The Labute approximate surface area is 141 Å². The van der Waals surface area contributed by atoms with Crippen molar-refractivity contribution in [3.8, 4) is 5.69 Å². The number of aryl methyl sites for hydroxylation is 3. The van der Waals surface area contributed by atoms with Gasteiger partial charge in [0.1, 0.15) is 11.4 Å². The summed E-state index contributed by atoms with van der Waals surface area (Å²) in [4.78, 5) is 8.49. The summed E-state index contributed by atoms with van der Waals surface area (Å²) >= 11 is 1.42. The first-order valence-corrected chi connectivity index (χ1v) is 8.15. The van der Waals surface area contributed by atoms with E-state index in [1.165, 1.54) is 23.7 Å². The second kappa shape index (κ2) is 5.68. The van der Waals surface area contributed by atoms with Crippen molar-refractivity contribution in [2.45, 2.75) is 31.0 Å². The Balaban J connectivity index is 1.79. The average Bonchev–Trinajstić information content (AvgIpc) is 3.16. The van der Waals surface area contributed by atoms with Crippen molar-refractivity contribution in [3.05, 3.63) is 47.4 Å². The second-order valence-electron chi connectivity index (χ2n) is 5.47. The van der Waals surface area contributed by atoms with E-state index in [4.69, 9.17) is 0 Å². The number of tetrazole rings is 1. The van der Waals surface area contributed by atoms with Crippen LogP contribution in [0.2, 0.25) is 0 Å². The van der Waals surface area contributed by atoms with Gasteiger partial charge >= 0.3 is 0 Å². The molecule has 0 unspecified atom stereocenters. The molecule has 24 heavy (non-hydrogen) atoms. The van der Waals surface area contributed by atoms with Crippen molar-refractivity contribution in [2.24, 2.45) is 0 Å². The highest BCUT2D eigenvalue weighted by molar-refractivity contribution is 7.99. The highest BCUT2D eigenvalue weighted by atomic mass is 32.2. The van der Waals surface area contributed by atoms with Crippen LogP contribution in [0, 0.1) is 20.8 Å². The first-order chi connectivity index (χ1) is 11.6. The maximum Gasteiger partial charge on any atom is 0.253 e. The summed E-state index contributed by atoms with van der Waals surface area (Å²) in [5.41, 5.74) is 4.13. The Kier molecular flexibility index (Phi) is 3.49. The molecule has 0 fully saturated rings. The minimum atomic E-state index is 0.558. The standard InChI is InChI=1S/C15H14N8S/c1-9-4-5-12(10(2)6-9)22-15(19-20-21-22)24-13-7-11(3)18-14-16-8-17-23(13)14/h4-8H,1-3H3. The summed E-state index contributed by atoms with van der Waals surface area (Å²) in [6, 6.07) is 8.11. The number of benzene rings is 1. The fourth-order valence-corrected chi connectivity index (χ4v) is 3.43. The molecule has 3 heterocycles. The minimum Gasteiger partial charge on any atom is -0.216 e. The van der Waals surface area contributed by atoms with Crippen LogP contribution in [-0.4, -0.2) is 39.8 Å². The number of fused-ring (bicyclic) bond motifs is 1. The number of rotatable bonds is 3. The van der Waals surface area contributed by atoms with Gasteiger partial charge in [0, 0.05) is 5.69 Å². The molecule has 3 aromatic heterocycles. The van der Waals surface area contributed by atoms with Gasteiger partial charge in [0.15, 0.2) is 0 Å². The predicted molar refractivity (Wildman–Crippen MR) is 88.3 cm³/mol. The lowest BCUT2D eigenvalue weighted by molar-refractivity contribution is 0.748. The van der Waals surface area contributed by atoms with Crippen LogP contribution in [0.1, 0.15) is 16.8 Å². The lowest BCUT2D eigenvalue weighted by Gasteiger charge is -2.09. The topological polar surface area (TPSA) is 86.7 Å². The molecule has 0 bridgehead atoms. The third kappa shape index (κ3) is 2.52. The van der Waals surface area contributed by atoms with Crippen molar-refractivity contribution in [1.82, 2.24) is 39.8 Å². The van der Waals surface area contributed by atoms with Crippen molar-refractivity contribution in [2.75, 3.05) is 0 Å². The average molecular weight is 338 g/mol. The van der Waals surface area contributed by atoms with Crippen LogP contribution >= 0.6 is 11.8 Å². The van der Waals surface area contributed by atoms with Crippen LogP contribution in [-0.2, 0) is 0 Å². The molecule has 8 nitrogen and oxygen atoms in total. The Morgan fingerprint density at radius 3 is 2.79 bits per heavy atom. The molecule has 0 aliphatic heterocycles. The second-order valence-corrected chi connectivity index (χ2v) is 6.46. The van der Waals surface area contributed by atoms with Gasteiger partial charge in [-0.25, -0.2) is 4.98 Å². The zero-order valence-corrected chi connectivity index (χ0v) is 14.2. The van der Waals surface area contributed by atoms with Gasteiger partial charge in [-0.1, -0.05) is 17.7 Å². The Morgan fingerprint density at radius 1 is 1.08 bits per heavy atom. The van der Waals surface area contributed by atoms with Gasteiger partial charge in [0.25, 0.3) is 5.78 Å². The number of nitrogens with zero attached hydrogens (tertiary/aromatic N) is 8. The summed E-state index contributed by atoms with van der Waals surface area (Å²) < 4.78 is 3.41. The highest BCUT2D eigenvalue weighted by Gasteiger charge is 2.15. The molecule has 0 atom stereocenters. The summed E-state index contributed by atoms with van der Waals surface area (Å²) in [6.07, 6.45) is 1.49. The zero-order chi connectivity index (χ0) is 16.7. The monoisotopic (exact) mass is 338 g/mol. The Bertz CT molecular complexity index is 1040. The van der Waals surface area contributed by atoms with Crippen LogP contribution in [0.5, 0.6) is 0 Å². The van der Waals surface area contributed by atoms with Crippen molar-refractivity contribution in [1.29, 1.82) is 0 Å². The lowest BCUT2D eigenvalue weighted by Crippen LogP contribution is -2.03. The molecular weight excluding hydrogens is 324 g/mol. The van der Waals surface area contributed by atoms with Crippen LogP contribution in [0.25, 0.3) is 11.5 Å². The van der Waals surface area contributed by atoms with Crippen LogP contribution in [0.3, 0.4) is 0 Å². The lowest BCUT2D eigenvalue weighted by atomic mass is 10.1. The van der Waals surface area contributed by atoms with Gasteiger partial charge in [-0.15, -0.1) is 5.10 Å². The molecule has 0 saturated carbocycles. The number of aromatic nitrogens is 8. The molecular formula is C15H14N8S. The fourth-order valence-electron chi connectivity index (χ4n) is 2.50. The smallest absolute Gasteiger partial charge is 0.216 e. The van der Waals surface area contributed by atoms with E-state index in [1.54, 1.807) is 9.20 Å². The molecule has 4 aromatic rings. The van der Waals surface area contributed by atoms with E-state index < -0.39 is 0 Å². The summed E-state index contributed by atoms with van der Waals surface area (Å²) in [7, 11) is 0. The maximum absolute atomic E-state index is 4.35. The van der Waals surface area contributed by atoms with E-state index in [9.17, 15) is 0 Å². The van der Waals surface area contributed by atoms with Gasteiger partial charge in [0.05, 0.1) is 5.69 Å². The molecule has 0 aliphatic carbocycles. The van der Waals surface area contributed by atoms with Gasteiger partial charge < -0.3 is 0 Å². The van der Waals surface area contributed by atoms with Crippen molar-refractivity contribution >= 4 is 17.5 Å². The largest absolute Gasteiger partial charge is 0.253 e. The van der Waals surface area contributed by atoms with Crippen LogP contribution < -0.4 is 0 Å². The molecule has 0 amide bonds. The van der Waals surface area contributed by atoms with Crippen LogP contribution in [0.15, 0.2) is 40.8 Å². The van der Waals surface area contributed by atoms with Crippen molar-refractivity contribution in [3.63, 3.8) is 0 Å². The van der Waals surface area contributed by atoms with Gasteiger partial charge in [-0.05, 0) is 60.7 Å². The van der Waals surface area contributed by atoms with E-state index in [0.717, 1.165) is 22.0 Å². The summed E-state index contributed by atoms with van der Waals surface area (Å²) in [5.74, 6) is 0.558. The van der Waals surface area contributed by atoms with E-state index >= 15 is 0 Å². The maximum atomic E-state index is 4.35. The highest BCUT2D eigenvalue weighted by Crippen LogP contribution is 2.28. The van der Waals surface area contributed by atoms with Crippen LogP contribution in [0.4, 0.5) is 0 Å². The van der Waals surface area contributed by atoms with Gasteiger partial charge in [-0.3, -0.25) is 0 Å². The predicted octanol–water partition coefficient (Wildman–Crippen LogP) is 2.18. The van der Waals surface area contributed by atoms with Gasteiger partial charge in [0.2, 0.25) is 5.16 Å². The van der Waals surface area contributed by atoms with E-state index in [1.807, 2.05) is 32.0 Å². The number of hydrogen-bond donors (Lipinski definition) is 0. The summed E-state index contributed by atoms with van der Waals surface area (Å²) in [5, 5.41) is 17.9. The normalized spacial score (nSPS) is 11.3. The van der Waals surface area contributed by atoms with Crippen molar-refractivity contribution < 1.29 is 0 Å². The first-order valence-electron chi connectivity index (χ1n) is 7.33. The first kappa shape index (κ1) is 14.8. The fraction of sp³-hybridized carbons (Fsp3) is 0.200. The molecule has 0 aliphatic rings. The Morgan fingerprint density at radius 2 is 1.96 bits per heavy atom. The molecule has 9 heteroatoms. The van der Waals surface area contributed by atoms with E-state index in [0.29, 0.717) is 10.9 Å². The molecule has 0 spiro atoms. The molecule has 120 valence electrons. The summed E-state index contributed by atoms with van der Waals surface area (Å²) in [6.45, 7) is 6.03. The molecule has 0 N–H and O–H groups in total. The molecule has 0 radical (unpaired) electrons. The minimum absolute atomic E-state index is 0.558. The SMILES string of the molecule is Cc1ccc(-n2nnnc2Sc2cc(C)nc3ncnn23)c(C)c1. The quantitative estimate of drug-likeness (QED) is 0.529. The van der Waals surface area contributed by atoms with Gasteiger partial charge in [-0.2, -0.15) is 19.3 Å². The Hall–Kier alpha value is -2.81. The number of hydrogen-bond acceptors (Lipinski definition) is 7. The van der Waals surface area contributed by atoms with E-state index in [-0.39, 0.29) is 0 Å². The zero-order valence-electron chi connectivity index (χ0n) is 13.4. The third-order valence-corrected chi connectivity index (χ3v) is 4.50.